The van der Waals surface area contributed by atoms with E-state index in [4.69, 9.17) is 4.74 Å². The van der Waals surface area contributed by atoms with Crippen LogP contribution in [0.15, 0.2) is 47.4 Å². The highest BCUT2D eigenvalue weighted by Gasteiger charge is 2.22. The predicted octanol–water partition coefficient (Wildman–Crippen LogP) is 2.89. The van der Waals surface area contributed by atoms with Gasteiger partial charge in [-0.15, -0.1) is 0 Å². The van der Waals surface area contributed by atoms with Crippen LogP contribution >= 0.6 is 0 Å². The van der Waals surface area contributed by atoms with Crippen LogP contribution in [0.25, 0.3) is 0 Å². The number of carbonyl (C=O) groups excluding carboxylic acids is 1. The number of ether oxygens (including phenoxy) is 1. The number of nitro benzene ring substituents is 1. The van der Waals surface area contributed by atoms with Crippen LogP contribution in [0.3, 0.4) is 0 Å². The number of amides is 1. The van der Waals surface area contributed by atoms with Crippen LogP contribution in [-0.2, 0) is 10.0 Å². The van der Waals surface area contributed by atoms with Gasteiger partial charge in [-0.1, -0.05) is 6.07 Å². The zero-order valence-electron chi connectivity index (χ0n) is 15.7. The fourth-order valence-corrected chi connectivity index (χ4v) is 3.67. The molecule has 0 saturated carbocycles. The fraction of sp³-hybridized carbons (Fsp3) is 0.278. The first-order chi connectivity index (χ1) is 13.2. The molecular weight excluding hydrogens is 386 g/mol. The number of sulfonamides is 1. The maximum atomic E-state index is 12.6. The lowest BCUT2D eigenvalue weighted by Gasteiger charge is -2.19. The summed E-state index contributed by atoms with van der Waals surface area (Å²) < 4.78 is 32.5. The van der Waals surface area contributed by atoms with Crippen LogP contribution in [0.5, 0.6) is 5.75 Å². The van der Waals surface area contributed by atoms with Gasteiger partial charge >= 0.3 is 5.69 Å². The highest BCUT2D eigenvalue weighted by Crippen LogP contribution is 2.30. The molecule has 0 radical (unpaired) electrons. The molecule has 2 aromatic rings. The van der Waals surface area contributed by atoms with Crippen molar-refractivity contribution in [2.75, 3.05) is 24.9 Å². The quantitative estimate of drug-likeness (QED) is 0.531. The summed E-state index contributed by atoms with van der Waals surface area (Å²) in [5.74, 6) is -0.262. The number of nitro groups is 1. The average Bonchev–Trinajstić information content (AvgIpc) is 2.68. The molecule has 0 aliphatic rings. The molecule has 0 aliphatic heterocycles. The molecule has 0 fully saturated rings. The molecule has 28 heavy (non-hydrogen) atoms. The van der Waals surface area contributed by atoms with Crippen LogP contribution in [-0.4, -0.2) is 44.3 Å². The molecule has 150 valence electrons. The molecule has 9 nitrogen and oxygen atoms in total. The zero-order chi connectivity index (χ0) is 20.9. The number of anilines is 1. The summed E-state index contributed by atoms with van der Waals surface area (Å²) in [5.41, 5.74) is 0.0527. The molecular formula is C18H21N3O6S. The number of hydrogen-bond donors (Lipinski definition) is 1. The van der Waals surface area contributed by atoms with Gasteiger partial charge in [0.15, 0.2) is 5.75 Å². The minimum atomic E-state index is -4.10. The minimum Gasteiger partial charge on any atom is -0.490 e. The van der Waals surface area contributed by atoms with E-state index < -0.39 is 20.6 Å². The Morgan fingerprint density at radius 1 is 1.18 bits per heavy atom. The second kappa shape index (κ2) is 8.70. The van der Waals surface area contributed by atoms with Gasteiger partial charge in [0.2, 0.25) is 0 Å². The van der Waals surface area contributed by atoms with Gasteiger partial charge in [-0.3, -0.25) is 19.6 Å². The summed E-state index contributed by atoms with van der Waals surface area (Å²) in [4.78, 5) is 24.2. The van der Waals surface area contributed by atoms with E-state index >= 15 is 0 Å². The van der Waals surface area contributed by atoms with Crippen molar-refractivity contribution in [2.24, 2.45) is 0 Å². The van der Waals surface area contributed by atoms with E-state index in [9.17, 15) is 23.3 Å². The van der Waals surface area contributed by atoms with Crippen LogP contribution < -0.4 is 9.46 Å². The van der Waals surface area contributed by atoms with E-state index in [2.05, 4.69) is 4.72 Å². The molecule has 1 N–H and O–H groups in total. The summed E-state index contributed by atoms with van der Waals surface area (Å²) >= 11 is 0. The molecule has 0 bridgehead atoms. The van der Waals surface area contributed by atoms with Crippen molar-refractivity contribution in [1.82, 2.24) is 4.90 Å². The molecule has 0 unspecified atom stereocenters. The second-order valence-electron chi connectivity index (χ2n) is 5.75. The summed E-state index contributed by atoms with van der Waals surface area (Å²) in [6.07, 6.45) is 0. The van der Waals surface area contributed by atoms with Gasteiger partial charge in [-0.2, -0.15) is 0 Å². The molecule has 2 rings (SSSR count). The van der Waals surface area contributed by atoms with E-state index in [-0.39, 0.29) is 22.2 Å². The smallest absolute Gasteiger partial charge is 0.312 e. The molecule has 0 spiro atoms. The van der Waals surface area contributed by atoms with Crippen molar-refractivity contribution in [1.29, 1.82) is 0 Å². The third-order valence-electron chi connectivity index (χ3n) is 4.07. The van der Waals surface area contributed by atoms with Gasteiger partial charge in [0.05, 0.1) is 16.9 Å². The molecule has 0 heterocycles. The van der Waals surface area contributed by atoms with Crippen molar-refractivity contribution in [3.63, 3.8) is 0 Å². The highest BCUT2D eigenvalue weighted by atomic mass is 32.2. The van der Waals surface area contributed by atoms with Gasteiger partial charge < -0.3 is 9.64 Å². The van der Waals surface area contributed by atoms with Crippen molar-refractivity contribution in [3.8, 4) is 5.75 Å². The molecule has 0 aromatic heterocycles. The third-order valence-corrected chi connectivity index (χ3v) is 5.45. The maximum Gasteiger partial charge on any atom is 0.312 e. The first-order valence-electron chi connectivity index (χ1n) is 8.48. The number of hydrogen-bond acceptors (Lipinski definition) is 6. The van der Waals surface area contributed by atoms with Gasteiger partial charge in [-0.05, 0) is 44.2 Å². The number of rotatable bonds is 8. The van der Waals surface area contributed by atoms with Crippen LogP contribution in [0.4, 0.5) is 11.4 Å². The first kappa shape index (κ1) is 21.2. The maximum absolute atomic E-state index is 12.6. The Morgan fingerprint density at radius 3 is 2.43 bits per heavy atom. The Balaban J connectivity index is 2.35. The van der Waals surface area contributed by atoms with Crippen molar-refractivity contribution < 1.29 is 22.9 Å². The second-order valence-corrected chi connectivity index (χ2v) is 7.44. The number of benzene rings is 2. The Labute approximate surface area is 163 Å². The van der Waals surface area contributed by atoms with Crippen molar-refractivity contribution in [2.45, 2.75) is 18.7 Å². The fourth-order valence-electron chi connectivity index (χ4n) is 2.60. The predicted molar refractivity (Wildman–Crippen MR) is 104 cm³/mol. The monoisotopic (exact) mass is 407 g/mol. The number of methoxy groups -OCH3 is 1. The largest absolute Gasteiger partial charge is 0.490 e. The highest BCUT2D eigenvalue weighted by molar-refractivity contribution is 7.92. The summed E-state index contributed by atoms with van der Waals surface area (Å²) in [5, 5.41) is 11.1. The Hall–Kier alpha value is -3.14. The summed E-state index contributed by atoms with van der Waals surface area (Å²) in [6, 6.07) is 9.42. The zero-order valence-corrected chi connectivity index (χ0v) is 16.5. The first-order valence-corrected chi connectivity index (χ1v) is 9.96. The lowest BCUT2D eigenvalue weighted by atomic mass is 10.2. The number of nitrogens with one attached hydrogen (secondary N) is 1. The van der Waals surface area contributed by atoms with Gasteiger partial charge in [0.25, 0.3) is 15.9 Å². The van der Waals surface area contributed by atoms with Crippen LogP contribution in [0.2, 0.25) is 0 Å². The minimum absolute atomic E-state index is 0.0456. The third kappa shape index (κ3) is 4.58. The molecule has 1 amide bonds. The molecule has 0 atom stereocenters. The molecule has 0 aliphatic carbocycles. The standard InChI is InChI=1S/C18H21N3O6S/c1-4-20(5-2)18(22)13-7-6-8-14(11-13)19-28(25,26)15-9-10-17(27-3)16(12-15)21(23)24/h6-12,19H,4-5H2,1-3H3. The number of nitrogens with zero attached hydrogens (tertiary/aromatic N) is 2. The van der Waals surface area contributed by atoms with E-state index in [0.29, 0.717) is 18.7 Å². The van der Waals surface area contributed by atoms with E-state index in [1.54, 1.807) is 17.0 Å². The summed E-state index contributed by atoms with van der Waals surface area (Å²) in [6.45, 7) is 4.76. The van der Waals surface area contributed by atoms with Crippen molar-refractivity contribution >= 4 is 27.3 Å². The van der Waals surface area contributed by atoms with E-state index in [1.165, 1.54) is 31.4 Å². The number of carbonyl (C=O) groups is 1. The van der Waals surface area contributed by atoms with Gasteiger partial charge in [0.1, 0.15) is 0 Å². The van der Waals surface area contributed by atoms with E-state index in [1.807, 2.05) is 13.8 Å². The Kier molecular flexibility index (Phi) is 6.57. The Morgan fingerprint density at radius 2 is 1.86 bits per heavy atom. The average molecular weight is 407 g/mol. The topological polar surface area (TPSA) is 119 Å². The Bertz CT molecular complexity index is 987. The molecule has 2 aromatic carbocycles. The van der Waals surface area contributed by atoms with Crippen LogP contribution in [0, 0.1) is 10.1 Å². The SMILES string of the molecule is CCN(CC)C(=O)c1cccc(NS(=O)(=O)c2ccc(OC)c([N+](=O)[O-])c2)c1. The van der Waals surface area contributed by atoms with Gasteiger partial charge in [-0.25, -0.2) is 8.42 Å². The molecule has 0 saturated heterocycles. The normalized spacial score (nSPS) is 11.0. The van der Waals surface area contributed by atoms with Crippen LogP contribution in [0.1, 0.15) is 24.2 Å². The van der Waals surface area contributed by atoms with Gasteiger partial charge in [0, 0.05) is 30.4 Å². The lowest BCUT2D eigenvalue weighted by Crippen LogP contribution is -2.30. The summed E-state index contributed by atoms with van der Waals surface area (Å²) in [7, 11) is -2.85. The lowest BCUT2D eigenvalue weighted by molar-refractivity contribution is -0.386. The molecule has 10 heteroatoms. The van der Waals surface area contributed by atoms with Crippen molar-refractivity contribution in [3.05, 3.63) is 58.1 Å². The van der Waals surface area contributed by atoms with E-state index in [0.717, 1.165) is 6.07 Å².